The van der Waals surface area contributed by atoms with Gasteiger partial charge in [0.2, 0.25) is 0 Å². The number of carbonyl (C=O) groups is 1. The van der Waals surface area contributed by atoms with E-state index in [1.807, 2.05) is 0 Å². The van der Waals surface area contributed by atoms with Gasteiger partial charge in [0.25, 0.3) is 0 Å². The van der Waals surface area contributed by atoms with E-state index in [4.69, 9.17) is 4.42 Å². The first-order chi connectivity index (χ1) is 11.5. The summed E-state index contributed by atoms with van der Waals surface area (Å²) in [6, 6.07) is 6.57. The molecule has 1 aromatic heterocycles. The lowest BCUT2D eigenvalue weighted by Crippen LogP contribution is -2.29. The summed E-state index contributed by atoms with van der Waals surface area (Å²) >= 11 is 0. The Morgan fingerprint density at radius 1 is 1.25 bits per heavy atom. The Morgan fingerprint density at radius 2 is 2.00 bits per heavy atom. The summed E-state index contributed by atoms with van der Waals surface area (Å²) in [6.45, 7) is 0. The van der Waals surface area contributed by atoms with Crippen LogP contribution >= 0.6 is 0 Å². The molecule has 1 aliphatic rings. The topological polar surface area (TPSA) is 76.7 Å². The van der Waals surface area contributed by atoms with Gasteiger partial charge in [-0.3, -0.25) is 0 Å². The Kier molecular flexibility index (Phi) is 4.41. The number of esters is 1. The third-order valence-corrected chi connectivity index (χ3v) is 4.26. The number of rotatable bonds is 1. The Morgan fingerprint density at radius 3 is 2.71 bits per heavy atom. The molecule has 124 valence electrons. The maximum Gasteiger partial charge on any atom is 0.351 e. The number of benzene rings is 1. The standard InChI is InChI=1S/C19H18O5/c1-23-17(20)15-12-14-6-5-13(11-16(14)24-18(15)21)7-10-19(22)8-3-2-4-9-19/h5-6,11-12,22H,2-4,8-9H2,1H3. The van der Waals surface area contributed by atoms with Crippen molar-refractivity contribution in [3.05, 3.63) is 45.8 Å². The highest BCUT2D eigenvalue weighted by molar-refractivity contribution is 5.92. The van der Waals surface area contributed by atoms with Crippen LogP contribution in [0.2, 0.25) is 0 Å². The van der Waals surface area contributed by atoms with Crippen LogP contribution in [0.25, 0.3) is 11.0 Å². The Balaban J connectivity index is 1.95. The average Bonchev–Trinajstić information content (AvgIpc) is 2.59. The maximum atomic E-state index is 11.9. The first-order valence-corrected chi connectivity index (χ1v) is 7.92. The quantitative estimate of drug-likeness (QED) is 0.495. The van der Waals surface area contributed by atoms with Crippen molar-refractivity contribution in [2.24, 2.45) is 0 Å². The molecule has 0 bridgehead atoms. The summed E-state index contributed by atoms with van der Waals surface area (Å²) < 4.78 is 9.74. The van der Waals surface area contributed by atoms with Crippen LogP contribution in [0.3, 0.4) is 0 Å². The molecule has 0 saturated heterocycles. The lowest BCUT2D eigenvalue weighted by molar-refractivity contribution is 0.0594. The lowest BCUT2D eigenvalue weighted by Gasteiger charge is -2.26. The molecule has 5 nitrogen and oxygen atoms in total. The van der Waals surface area contributed by atoms with Gasteiger partial charge in [-0.25, -0.2) is 9.59 Å². The SMILES string of the molecule is COC(=O)c1cc2ccc(C#CC3(O)CCCCC3)cc2oc1=O. The van der Waals surface area contributed by atoms with Crippen molar-refractivity contribution in [3.8, 4) is 11.8 Å². The van der Waals surface area contributed by atoms with Crippen LogP contribution in [0.5, 0.6) is 0 Å². The molecule has 0 atom stereocenters. The number of carbonyl (C=O) groups excluding carboxylic acids is 1. The Bertz CT molecular complexity index is 891. The molecule has 0 amide bonds. The molecular weight excluding hydrogens is 308 g/mol. The molecule has 1 fully saturated rings. The second-order valence-corrected chi connectivity index (χ2v) is 6.03. The zero-order valence-electron chi connectivity index (χ0n) is 13.4. The van der Waals surface area contributed by atoms with E-state index in [9.17, 15) is 14.7 Å². The molecule has 5 heteroatoms. The molecule has 0 unspecified atom stereocenters. The molecule has 1 heterocycles. The van der Waals surface area contributed by atoms with E-state index in [-0.39, 0.29) is 5.56 Å². The van der Waals surface area contributed by atoms with Crippen molar-refractivity contribution in [2.45, 2.75) is 37.7 Å². The second-order valence-electron chi connectivity index (χ2n) is 6.03. The molecule has 0 aliphatic heterocycles. The molecule has 1 aromatic carbocycles. The van der Waals surface area contributed by atoms with Gasteiger partial charge in [-0.15, -0.1) is 0 Å². The van der Waals surface area contributed by atoms with E-state index in [0.717, 1.165) is 19.3 Å². The van der Waals surface area contributed by atoms with Gasteiger partial charge in [-0.2, -0.15) is 0 Å². The zero-order valence-corrected chi connectivity index (χ0v) is 13.4. The Hall–Kier alpha value is -2.58. The highest BCUT2D eigenvalue weighted by Crippen LogP contribution is 2.27. The minimum absolute atomic E-state index is 0.139. The fourth-order valence-electron chi connectivity index (χ4n) is 2.89. The van der Waals surface area contributed by atoms with Crippen molar-refractivity contribution in [1.29, 1.82) is 0 Å². The average molecular weight is 326 g/mol. The van der Waals surface area contributed by atoms with Crippen LogP contribution < -0.4 is 5.63 Å². The van der Waals surface area contributed by atoms with Crippen LogP contribution in [-0.4, -0.2) is 23.8 Å². The van der Waals surface area contributed by atoms with E-state index < -0.39 is 17.2 Å². The van der Waals surface area contributed by atoms with Crippen LogP contribution in [-0.2, 0) is 4.74 Å². The molecular formula is C19H18O5. The number of aliphatic hydroxyl groups is 1. The van der Waals surface area contributed by atoms with Crippen LogP contribution in [0, 0.1) is 11.8 Å². The lowest BCUT2D eigenvalue weighted by atomic mass is 9.85. The highest BCUT2D eigenvalue weighted by Gasteiger charge is 2.26. The largest absolute Gasteiger partial charge is 0.465 e. The molecule has 1 aliphatic carbocycles. The third-order valence-electron chi connectivity index (χ3n) is 4.26. The van der Waals surface area contributed by atoms with Gasteiger partial charge in [0, 0.05) is 10.9 Å². The van der Waals surface area contributed by atoms with Crippen molar-refractivity contribution < 1.29 is 19.1 Å². The van der Waals surface area contributed by atoms with Gasteiger partial charge in [-0.05, 0) is 49.9 Å². The summed E-state index contributed by atoms with van der Waals surface area (Å²) in [5, 5.41) is 11.0. The smallest absolute Gasteiger partial charge is 0.351 e. The first kappa shape index (κ1) is 16.3. The van der Waals surface area contributed by atoms with Crippen molar-refractivity contribution in [2.75, 3.05) is 7.11 Å². The summed E-state index contributed by atoms with van der Waals surface area (Å²) in [6.07, 6.45) is 4.46. The zero-order chi connectivity index (χ0) is 17.2. The number of methoxy groups -OCH3 is 1. The minimum Gasteiger partial charge on any atom is -0.465 e. The molecule has 2 aromatic rings. The summed E-state index contributed by atoms with van der Waals surface area (Å²) in [4.78, 5) is 23.4. The van der Waals surface area contributed by atoms with Crippen molar-refractivity contribution in [3.63, 3.8) is 0 Å². The van der Waals surface area contributed by atoms with Crippen LogP contribution in [0.1, 0.15) is 48.0 Å². The van der Waals surface area contributed by atoms with Crippen molar-refractivity contribution >= 4 is 16.9 Å². The van der Waals surface area contributed by atoms with E-state index in [1.165, 1.54) is 13.2 Å². The normalized spacial score (nSPS) is 16.2. The van der Waals surface area contributed by atoms with Crippen LogP contribution in [0.4, 0.5) is 0 Å². The first-order valence-electron chi connectivity index (χ1n) is 7.92. The minimum atomic E-state index is -0.928. The van der Waals surface area contributed by atoms with Gasteiger partial charge in [0.05, 0.1) is 7.11 Å². The summed E-state index contributed by atoms with van der Waals surface area (Å²) in [7, 11) is 1.21. The highest BCUT2D eigenvalue weighted by atomic mass is 16.5. The van der Waals surface area contributed by atoms with Gasteiger partial charge < -0.3 is 14.3 Å². The number of hydrogen-bond acceptors (Lipinski definition) is 5. The van der Waals surface area contributed by atoms with Gasteiger partial charge in [0.15, 0.2) is 0 Å². The molecule has 0 spiro atoms. The van der Waals surface area contributed by atoms with Gasteiger partial charge >= 0.3 is 11.6 Å². The number of ether oxygens (including phenoxy) is 1. The predicted molar refractivity (Wildman–Crippen MR) is 88.7 cm³/mol. The van der Waals surface area contributed by atoms with Gasteiger partial charge in [0.1, 0.15) is 16.7 Å². The third kappa shape index (κ3) is 3.34. The van der Waals surface area contributed by atoms with Gasteiger partial charge in [-0.1, -0.05) is 18.3 Å². The fraction of sp³-hybridized carbons (Fsp3) is 0.368. The summed E-state index contributed by atoms with van der Waals surface area (Å²) in [5.74, 6) is 5.18. The van der Waals surface area contributed by atoms with Crippen molar-refractivity contribution in [1.82, 2.24) is 0 Å². The maximum absolute atomic E-state index is 11.9. The van der Waals surface area contributed by atoms with E-state index in [2.05, 4.69) is 16.6 Å². The summed E-state index contributed by atoms with van der Waals surface area (Å²) in [5.41, 5.74) is -0.820. The van der Waals surface area contributed by atoms with E-state index in [0.29, 0.717) is 29.4 Å². The molecule has 1 N–H and O–H groups in total. The van der Waals surface area contributed by atoms with E-state index in [1.54, 1.807) is 18.2 Å². The predicted octanol–water partition coefficient (Wildman–Crippen LogP) is 2.63. The second kappa shape index (κ2) is 6.50. The fourth-order valence-corrected chi connectivity index (χ4v) is 2.89. The number of hydrogen-bond donors (Lipinski definition) is 1. The Labute approximate surface area is 139 Å². The number of fused-ring (bicyclic) bond motifs is 1. The molecule has 3 rings (SSSR count). The molecule has 1 saturated carbocycles. The van der Waals surface area contributed by atoms with E-state index >= 15 is 0 Å². The monoisotopic (exact) mass is 326 g/mol. The van der Waals surface area contributed by atoms with Crippen LogP contribution in [0.15, 0.2) is 33.5 Å². The molecule has 24 heavy (non-hydrogen) atoms. The molecule has 0 radical (unpaired) electrons.